The van der Waals surface area contributed by atoms with E-state index in [1.807, 2.05) is 54.6 Å². The number of ether oxygens (including phenoxy) is 3. The molecule has 1 saturated heterocycles. The van der Waals surface area contributed by atoms with Gasteiger partial charge >= 0.3 is 5.97 Å². The van der Waals surface area contributed by atoms with Gasteiger partial charge in [0.05, 0.1) is 18.9 Å². The van der Waals surface area contributed by atoms with Crippen LogP contribution in [0.25, 0.3) is 11.4 Å². The smallest absolute Gasteiger partial charge is 0.303 e. The molecule has 2 aromatic carbocycles. The van der Waals surface area contributed by atoms with Crippen molar-refractivity contribution in [3.8, 4) is 22.9 Å². The quantitative estimate of drug-likeness (QED) is 0.462. The second kappa shape index (κ2) is 12.1. The molecule has 0 spiro atoms. The van der Waals surface area contributed by atoms with Crippen LogP contribution in [0.15, 0.2) is 60.8 Å². The van der Waals surface area contributed by atoms with E-state index in [9.17, 15) is 4.79 Å². The summed E-state index contributed by atoms with van der Waals surface area (Å²) >= 11 is 0. The van der Waals surface area contributed by atoms with Crippen molar-refractivity contribution in [1.29, 1.82) is 0 Å². The molecule has 1 N–H and O–H groups in total. The molecular formula is C26H29N3O5. The standard InChI is InChI=1S/C26H29N3O5/c30-25(31)10-7-20-3-1-2-4-24(20)34-19-22-11-12-27-26(28-22)21-5-8-23(9-6-21)33-18-15-29-13-16-32-17-14-29/h1-6,8-9,11-12H,7,10,13-19H2,(H,30,31). The van der Waals surface area contributed by atoms with Crippen molar-refractivity contribution < 1.29 is 24.1 Å². The van der Waals surface area contributed by atoms with Crippen molar-refractivity contribution in [2.24, 2.45) is 0 Å². The Balaban J connectivity index is 1.32. The lowest BCUT2D eigenvalue weighted by Gasteiger charge is -2.26. The largest absolute Gasteiger partial charge is 0.492 e. The number of aliphatic carboxylic acids is 1. The number of nitrogens with zero attached hydrogens (tertiary/aromatic N) is 3. The van der Waals surface area contributed by atoms with Gasteiger partial charge in [-0.1, -0.05) is 18.2 Å². The molecule has 1 fully saturated rings. The summed E-state index contributed by atoms with van der Waals surface area (Å²) in [7, 11) is 0. The molecule has 34 heavy (non-hydrogen) atoms. The van der Waals surface area contributed by atoms with Gasteiger partial charge in [0.25, 0.3) is 0 Å². The molecule has 8 nitrogen and oxygen atoms in total. The Kier molecular flexibility index (Phi) is 8.43. The van der Waals surface area contributed by atoms with E-state index in [0.717, 1.165) is 55.4 Å². The lowest BCUT2D eigenvalue weighted by Crippen LogP contribution is -2.38. The number of hydrogen-bond donors (Lipinski definition) is 1. The Morgan fingerprint density at radius 3 is 2.62 bits per heavy atom. The van der Waals surface area contributed by atoms with E-state index >= 15 is 0 Å². The molecule has 2 heterocycles. The average molecular weight is 464 g/mol. The number of carboxylic acids is 1. The van der Waals surface area contributed by atoms with E-state index in [4.69, 9.17) is 19.3 Å². The Hall–Kier alpha value is -3.49. The fourth-order valence-electron chi connectivity index (χ4n) is 3.68. The van der Waals surface area contributed by atoms with Crippen molar-refractivity contribution in [3.05, 3.63) is 72.1 Å². The van der Waals surface area contributed by atoms with E-state index in [1.165, 1.54) is 0 Å². The second-order valence-corrected chi connectivity index (χ2v) is 7.99. The van der Waals surface area contributed by atoms with Crippen LogP contribution in [0.4, 0.5) is 0 Å². The van der Waals surface area contributed by atoms with E-state index in [-0.39, 0.29) is 13.0 Å². The Morgan fingerprint density at radius 1 is 1.03 bits per heavy atom. The first-order valence-corrected chi connectivity index (χ1v) is 11.4. The minimum Gasteiger partial charge on any atom is -0.492 e. The number of morpholine rings is 1. The second-order valence-electron chi connectivity index (χ2n) is 7.99. The van der Waals surface area contributed by atoms with Gasteiger partial charge in [0.15, 0.2) is 5.82 Å². The molecule has 1 aromatic heterocycles. The highest BCUT2D eigenvalue weighted by Gasteiger charge is 2.11. The van der Waals surface area contributed by atoms with Gasteiger partial charge in [-0.3, -0.25) is 9.69 Å². The van der Waals surface area contributed by atoms with Crippen molar-refractivity contribution in [2.75, 3.05) is 39.5 Å². The number of para-hydroxylation sites is 1. The molecular weight excluding hydrogens is 434 g/mol. The lowest BCUT2D eigenvalue weighted by molar-refractivity contribution is -0.136. The topological polar surface area (TPSA) is 94.0 Å². The maximum Gasteiger partial charge on any atom is 0.303 e. The third-order valence-electron chi connectivity index (χ3n) is 5.56. The molecule has 4 rings (SSSR count). The Morgan fingerprint density at radius 2 is 1.82 bits per heavy atom. The zero-order valence-corrected chi connectivity index (χ0v) is 19.1. The lowest BCUT2D eigenvalue weighted by atomic mass is 10.1. The number of rotatable bonds is 11. The van der Waals surface area contributed by atoms with Crippen molar-refractivity contribution in [3.63, 3.8) is 0 Å². The van der Waals surface area contributed by atoms with E-state index in [1.54, 1.807) is 6.20 Å². The maximum absolute atomic E-state index is 10.9. The van der Waals surface area contributed by atoms with Gasteiger partial charge in [-0.25, -0.2) is 9.97 Å². The zero-order valence-electron chi connectivity index (χ0n) is 19.1. The first-order chi connectivity index (χ1) is 16.7. The van der Waals surface area contributed by atoms with Crippen LogP contribution in [-0.2, 0) is 22.6 Å². The van der Waals surface area contributed by atoms with E-state index in [2.05, 4.69) is 14.9 Å². The number of carbonyl (C=O) groups is 1. The SMILES string of the molecule is O=C(O)CCc1ccccc1OCc1ccnc(-c2ccc(OCCN3CCOCC3)cc2)n1. The summed E-state index contributed by atoms with van der Waals surface area (Å²) in [6, 6.07) is 17.0. The van der Waals surface area contributed by atoms with Crippen molar-refractivity contribution >= 4 is 5.97 Å². The van der Waals surface area contributed by atoms with Crippen LogP contribution in [0.5, 0.6) is 11.5 Å². The summed E-state index contributed by atoms with van der Waals surface area (Å²) in [6.45, 7) is 5.27. The van der Waals surface area contributed by atoms with Gasteiger partial charge in [0.2, 0.25) is 0 Å². The summed E-state index contributed by atoms with van der Waals surface area (Å²) in [6.07, 6.45) is 2.19. The minimum atomic E-state index is -0.830. The van der Waals surface area contributed by atoms with Crippen LogP contribution in [0, 0.1) is 0 Å². The molecule has 0 aliphatic carbocycles. The molecule has 0 bridgehead atoms. The van der Waals surface area contributed by atoms with Gasteiger partial charge in [-0.15, -0.1) is 0 Å². The molecule has 0 radical (unpaired) electrons. The van der Waals surface area contributed by atoms with Gasteiger partial charge in [-0.2, -0.15) is 0 Å². The number of benzene rings is 2. The van der Waals surface area contributed by atoms with E-state index in [0.29, 0.717) is 24.6 Å². The number of hydrogen-bond acceptors (Lipinski definition) is 7. The predicted molar refractivity (Wildman–Crippen MR) is 127 cm³/mol. The summed E-state index contributed by atoms with van der Waals surface area (Å²) in [5.74, 6) is 1.26. The molecule has 1 aliphatic heterocycles. The van der Waals surface area contributed by atoms with Crippen molar-refractivity contribution in [2.45, 2.75) is 19.4 Å². The Bertz CT molecular complexity index is 1070. The monoisotopic (exact) mass is 463 g/mol. The van der Waals surface area contributed by atoms with Gasteiger partial charge in [0, 0.05) is 37.8 Å². The van der Waals surface area contributed by atoms with Crippen LogP contribution in [0.3, 0.4) is 0 Å². The average Bonchev–Trinajstić information content (AvgIpc) is 2.88. The van der Waals surface area contributed by atoms with E-state index < -0.39 is 5.97 Å². The van der Waals surface area contributed by atoms with Crippen LogP contribution < -0.4 is 9.47 Å². The third-order valence-corrected chi connectivity index (χ3v) is 5.56. The van der Waals surface area contributed by atoms with Gasteiger partial charge in [0.1, 0.15) is 24.7 Å². The van der Waals surface area contributed by atoms with Crippen LogP contribution in [0.1, 0.15) is 17.7 Å². The molecule has 0 amide bonds. The molecule has 0 unspecified atom stereocenters. The third kappa shape index (κ3) is 7.00. The van der Waals surface area contributed by atoms with Crippen LogP contribution >= 0.6 is 0 Å². The predicted octanol–water partition coefficient (Wildman–Crippen LogP) is 3.45. The van der Waals surface area contributed by atoms with Crippen molar-refractivity contribution in [1.82, 2.24) is 14.9 Å². The normalized spacial score (nSPS) is 14.0. The highest BCUT2D eigenvalue weighted by Crippen LogP contribution is 2.22. The molecule has 0 atom stereocenters. The van der Waals surface area contributed by atoms with Crippen LogP contribution in [-0.4, -0.2) is 65.4 Å². The fraction of sp³-hybridized carbons (Fsp3) is 0.346. The number of aromatic nitrogens is 2. The fourth-order valence-corrected chi connectivity index (χ4v) is 3.68. The maximum atomic E-state index is 10.9. The highest BCUT2D eigenvalue weighted by atomic mass is 16.5. The number of aryl methyl sites for hydroxylation is 1. The first kappa shape index (κ1) is 23.7. The molecule has 8 heteroatoms. The first-order valence-electron chi connectivity index (χ1n) is 11.4. The summed E-state index contributed by atoms with van der Waals surface area (Å²) in [5.41, 5.74) is 2.50. The summed E-state index contributed by atoms with van der Waals surface area (Å²) < 4.78 is 17.2. The minimum absolute atomic E-state index is 0.0605. The zero-order chi connectivity index (χ0) is 23.6. The molecule has 3 aromatic rings. The molecule has 1 aliphatic rings. The highest BCUT2D eigenvalue weighted by molar-refractivity contribution is 5.67. The molecule has 0 saturated carbocycles. The van der Waals surface area contributed by atoms with Gasteiger partial charge in [-0.05, 0) is 48.4 Å². The van der Waals surface area contributed by atoms with Gasteiger partial charge < -0.3 is 19.3 Å². The summed E-state index contributed by atoms with van der Waals surface area (Å²) in [4.78, 5) is 22.3. The number of carboxylic acid groups (broad SMARTS) is 1. The van der Waals surface area contributed by atoms with Crippen LogP contribution in [0.2, 0.25) is 0 Å². The molecule has 178 valence electrons. The Labute approximate surface area is 199 Å². The summed E-state index contributed by atoms with van der Waals surface area (Å²) in [5, 5.41) is 8.95.